The molecule has 0 aliphatic heterocycles. The highest BCUT2D eigenvalue weighted by Gasteiger charge is 2.11. The maximum absolute atomic E-state index is 10.5. The van der Waals surface area contributed by atoms with E-state index in [2.05, 4.69) is 10.1 Å². The highest BCUT2D eigenvalue weighted by molar-refractivity contribution is 5.68. The van der Waals surface area contributed by atoms with Crippen molar-refractivity contribution in [2.45, 2.75) is 12.5 Å². The second-order valence-corrected chi connectivity index (χ2v) is 3.23. The summed E-state index contributed by atoms with van der Waals surface area (Å²) in [6.45, 7) is 0. The van der Waals surface area contributed by atoms with Crippen LogP contribution in [0.2, 0.25) is 0 Å². The van der Waals surface area contributed by atoms with Crippen LogP contribution in [0.15, 0.2) is 24.7 Å². The second-order valence-electron chi connectivity index (χ2n) is 3.23. The summed E-state index contributed by atoms with van der Waals surface area (Å²) in [5, 5.41) is 12.5. The smallest absolute Gasteiger partial charge is 0.305 e. The number of carboxylic acid groups (broad SMARTS) is 1. The molecule has 0 amide bonds. The molecule has 6 heteroatoms. The quantitative estimate of drug-likeness (QED) is 0.748. The Morgan fingerprint density at radius 2 is 2.47 bits per heavy atom. The fourth-order valence-corrected chi connectivity index (χ4v) is 1.37. The molecule has 0 saturated heterocycles. The molecular formula is C9H10N4O2. The molecule has 0 spiro atoms. The van der Waals surface area contributed by atoms with E-state index in [9.17, 15) is 4.79 Å². The van der Waals surface area contributed by atoms with Gasteiger partial charge in [-0.3, -0.25) is 4.79 Å². The van der Waals surface area contributed by atoms with Gasteiger partial charge in [-0.2, -0.15) is 5.10 Å². The molecule has 0 radical (unpaired) electrons. The molecule has 0 aromatic carbocycles. The number of pyridine rings is 1. The molecule has 0 aliphatic rings. The van der Waals surface area contributed by atoms with E-state index in [0.717, 1.165) is 5.56 Å². The number of fused-ring (bicyclic) bond motifs is 1. The number of aromatic nitrogens is 3. The molecule has 0 bridgehead atoms. The van der Waals surface area contributed by atoms with Crippen molar-refractivity contribution in [1.82, 2.24) is 14.6 Å². The molecule has 1 unspecified atom stereocenters. The second kappa shape index (κ2) is 3.66. The predicted octanol–water partition coefficient (Wildman–Crippen LogP) is 0.204. The van der Waals surface area contributed by atoms with Crippen molar-refractivity contribution in [2.75, 3.05) is 0 Å². The highest BCUT2D eigenvalue weighted by Crippen LogP contribution is 2.14. The number of nitrogens with two attached hydrogens (primary N) is 1. The Morgan fingerprint density at radius 1 is 1.67 bits per heavy atom. The molecule has 0 aliphatic carbocycles. The Kier molecular flexibility index (Phi) is 2.34. The molecule has 2 aromatic heterocycles. The summed E-state index contributed by atoms with van der Waals surface area (Å²) in [5.41, 5.74) is 7.13. The van der Waals surface area contributed by atoms with Crippen LogP contribution in [0, 0.1) is 0 Å². The number of aliphatic carboxylic acids is 1. The zero-order chi connectivity index (χ0) is 10.8. The summed E-state index contributed by atoms with van der Waals surface area (Å²) in [6.07, 6.45) is 3.05. The van der Waals surface area contributed by atoms with Crippen LogP contribution in [0.3, 0.4) is 0 Å². The number of nitrogens with zero attached hydrogens (tertiary/aromatic N) is 3. The Hall–Kier alpha value is -1.95. The number of hydrogen-bond donors (Lipinski definition) is 2. The fourth-order valence-electron chi connectivity index (χ4n) is 1.37. The van der Waals surface area contributed by atoms with Crippen LogP contribution < -0.4 is 5.73 Å². The van der Waals surface area contributed by atoms with Gasteiger partial charge in [0.1, 0.15) is 6.33 Å². The predicted molar refractivity (Wildman–Crippen MR) is 52.2 cm³/mol. The van der Waals surface area contributed by atoms with Gasteiger partial charge in [0.05, 0.1) is 6.42 Å². The zero-order valence-corrected chi connectivity index (χ0v) is 7.87. The Labute approximate surface area is 85.3 Å². The monoisotopic (exact) mass is 206 g/mol. The summed E-state index contributed by atoms with van der Waals surface area (Å²) in [7, 11) is 0. The van der Waals surface area contributed by atoms with Gasteiger partial charge in [0.25, 0.3) is 0 Å². The number of rotatable bonds is 3. The van der Waals surface area contributed by atoms with Gasteiger partial charge in [-0.15, -0.1) is 0 Å². The van der Waals surface area contributed by atoms with E-state index >= 15 is 0 Å². The van der Waals surface area contributed by atoms with Crippen LogP contribution in [-0.2, 0) is 4.79 Å². The lowest BCUT2D eigenvalue weighted by Gasteiger charge is -2.08. The van der Waals surface area contributed by atoms with Gasteiger partial charge in [0.2, 0.25) is 0 Å². The van der Waals surface area contributed by atoms with Gasteiger partial charge in [0, 0.05) is 12.2 Å². The largest absolute Gasteiger partial charge is 0.481 e. The standard InChI is InChI=1S/C9H10N4O2/c10-7(4-9(14)15)6-1-2-13-8(3-6)11-5-12-13/h1-3,5,7H,4,10H2,(H,14,15). The molecule has 1 atom stereocenters. The lowest BCUT2D eigenvalue weighted by Crippen LogP contribution is -2.15. The Balaban J connectivity index is 2.30. The number of hydrogen-bond acceptors (Lipinski definition) is 4. The summed E-state index contributed by atoms with van der Waals surface area (Å²) >= 11 is 0. The SMILES string of the molecule is NC(CC(=O)O)c1ccn2ncnc2c1. The van der Waals surface area contributed by atoms with E-state index in [1.807, 2.05) is 0 Å². The first-order valence-electron chi connectivity index (χ1n) is 4.43. The minimum Gasteiger partial charge on any atom is -0.481 e. The zero-order valence-electron chi connectivity index (χ0n) is 7.87. The van der Waals surface area contributed by atoms with Crippen molar-refractivity contribution >= 4 is 11.6 Å². The van der Waals surface area contributed by atoms with E-state index in [0.29, 0.717) is 5.65 Å². The molecule has 2 rings (SSSR count). The van der Waals surface area contributed by atoms with Crippen LogP contribution in [0.1, 0.15) is 18.0 Å². The Bertz CT molecular complexity index is 494. The van der Waals surface area contributed by atoms with Gasteiger partial charge < -0.3 is 10.8 Å². The van der Waals surface area contributed by atoms with Crippen LogP contribution in [0.4, 0.5) is 0 Å². The van der Waals surface area contributed by atoms with Gasteiger partial charge in [-0.05, 0) is 17.7 Å². The van der Waals surface area contributed by atoms with Crippen molar-refractivity contribution < 1.29 is 9.90 Å². The lowest BCUT2D eigenvalue weighted by atomic mass is 10.1. The van der Waals surface area contributed by atoms with Crippen LogP contribution in [0.25, 0.3) is 5.65 Å². The first kappa shape index (κ1) is 9.60. The summed E-state index contributed by atoms with van der Waals surface area (Å²) < 4.78 is 1.59. The van der Waals surface area contributed by atoms with Gasteiger partial charge in [-0.25, -0.2) is 9.50 Å². The average Bonchev–Trinajstić information content (AvgIpc) is 2.62. The lowest BCUT2D eigenvalue weighted by molar-refractivity contribution is -0.137. The molecular weight excluding hydrogens is 196 g/mol. The molecule has 78 valence electrons. The van der Waals surface area contributed by atoms with Crippen LogP contribution >= 0.6 is 0 Å². The molecule has 15 heavy (non-hydrogen) atoms. The van der Waals surface area contributed by atoms with E-state index in [1.54, 1.807) is 22.8 Å². The third-order valence-corrected chi connectivity index (χ3v) is 2.13. The fraction of sp³-hybridized carbons (Fsp3) is 0.222. The molecule has 2 aromatic rings. The molecule has 3 N–H and O–H groups in total. The van der Waals surface area contributed by atoms with Crippen molar-refractivity contribution in [1.29, 1.82) is 0 Å². The minimum atomic E-state index is -0.913. The van der Waals surface area contributed by atoms with Crippen LogP contribution in [-0.4, -0.2) is 25.7 Å². The van der Waals surface area contributed by atoms with E-state index in [4.69, 9.17) is 10.8 Å². The van der Waals surface area contributed by atoms with Crippen LogP contribution in [0.5, 0.6) is 0 Å². The molecule has 6 nitrogen and oxygen atoms in total. The minimum absolute atomic E-state index is 0.0929. The van der Waals surface area contributed by atoms with E-state index < -0.39 is 12.0 Å². The first-order chi connectivity index (χ1) is 7.16. The van der Waals surface area contributed by atoms with Gasteiger partial charge in [-0.1, -0.05) is 0 Å². The summed E-state index contributed by atoms with van der Waals surface area (Å²) in [6, 6.07) is 2.97. The number of carbonyl (C=O) groups is 1. The topological polar surface area (TPSA) is 93.5 Å². The Morgan fingerprint density at radius 3 is 3.20 bits per heavy atom. The summed E-state index contributed by atoms with van der Waals surface area (Å²) in [4.78, 5) is 14.5. The van der Waals surface area contributed by atoms with E-state index in [1.165, 1.54) is 6.33 Å². The molecule has 0 fully saturated rings. The van der Waals surface area contributed by atoms with Crippen molar-refractivity contribution in [3.05, 3.63) is 30.2 Å². The van der Waals surface area contributed by atoms with E-state index in [-0.39, 0.29) is 6.42 Å². The van der Waals surface area contributed by atoms with Crippen molar-refractivity contribution in [3.63, 3.8) is 0 Å². The van der Waals surface area contributed by atoms with Crippen molar-refractivity contribution in [2.24, 2.45) is 5.73 Å². The maximum atomic E-state index is 10.5. The first-order valence-corrected chi connectivity index (χ1v) is 4.43. The maximum Gasteiger partial charge on any atom is 0.305 e. The number of carboxylic acids is 1. The van der Waals surface area contributed by atoms with Gasteiger partial charge >= 0.3 is 5.97 Å². The van der Waals surface area contributed by atoms with Gasteiger partial charge in [0.15, 0.2) is 5.65 Å². The molecule has 0 saturated carbocycles. The third-order valence-electron chi connectivity index (χ3n) is 2.13. The molecule has 2 heterocycles. The highest BCUT2D eigenvalue weighted by atomic mass is 16.4. The van der Waals surface area contributed by atoms with Crippen molar-refractivity contribution in [3.8, 4) is 0 Å². The average molecular weight is 206 g/mol. The normalized spacial score (nSPS) is 12.9. The summed E-state index contributed by atoms with van der Waals surface area (Å²) in [5.74, 6) is -0.913. The third kappa shape index (κ3) is 1.94.